The van der Waals surface area contributed by atoms with E-state index in [1.54, 1.807) is 0 Å². The molecule has 1 aliphatic heterocycles. The number of nitrogens with zero attached hydrogens (tertiary/aromatic N) is 5. The number of alkyl halides is 2. The average Bonchev–Trinajstić information content (AvgIpc) is 3.38. The van der Waals surface area contributed by atoms with Gasteiger partial charge in [-0.15, -0.1) is 0 Å². The van der Waals surface area contributed by atoms with Crippen molar-refractivity contribution < 1.29 is 13.3 Å². The van der Waals surface area contributed by atoms with Crippen molar-refractivity contribution in [3.05, 3.63) is 35.1 Å². The molecule has 0 spiro atoms. The van der Waals surface area contributed by atoms with Crippen molar-refractivity contribution in [2.24, 2.45) is 0 Å². The highest BCUT2D eigenvalue weighted by Gasteiger charge is 2.29. The molecule has 0 aromatic carbocycles. The van der Waals surface area contributed by atoms with Crippen LogP contribution in [0.1, 0.15) is 48.2 Å². The van der Waals surface area contributed by atoms with Crippen molar-refractivity contribution in [2.75, 3.05) is 31.1 Å². The minimum atomic E-state index is -2.56. The fraction of sp³-hybridized carbons (Fsp3) is 0.588. The molecule has 2 aliphatic rings. The first-order valence-corrected chi connectivity index (χ1v) is 8.65. The quantitative estimate of drug-likeness (QED) is 0.827. The molecule has 2 aromatic rings. The van der Waals surface area contributed by atoms with Gasteiger partial charge >= 0.3 is 0 Å². The number of hydrogen-bond donors (Lipinski definition) is 0. The second kappa shape index (κ2) is 6.67. The minimum Gasteiger partial charge on any atom is -0.360 e. The van der Waals surface area contributed by atoms with Crippen LogP contribution >= 0.6 is 0 Å². The maximum atomic E-state index is 13.2. The van der Waals surface area contributed by atoms with Crippen LogP contribution in [0, 0.1) is 6.92 Å². The molecular weight excluding hydrogens is 328 g/mol. The third-order valence-corrected chi connectivity index (χ3v) is 4.67. The number of aromatic nitrogens is 3. The summed E-state index contributed by atoms with van der Waals surface area (Å²) in [5, 5.41) is 3.90. The molecular formula is C17H21F2N5O. The van der Waals surface area contributed by atoms with Crippen molar-refractivity contribution in [2.45, 2.75) is 38.7 Å². The average molecular weight is 349 g/mol. The summed E-state index contributed by atoms with van der Waals surface area (Å²) in [4.78, 5) is 12.9. The number of rotatable bonds is 5. The van der Waals surface area contributed by atoms with E-state index in [1.807, 2.05) is 13.0 Å². The van der Waals surface area contributed by atoms with Gasteiger partial charge in [-0.25, -0.2) is 18.7 Å². The van der Waals surface area contributed by atoms with Crippen molar-refractivity contribution >= 4 is 5.82 Å². The number of halogens is 2. The molecule has 1 aliphatic carbocycles. The van der Waals surface area contributed by atoms with Crippen molar-refractivity contribution in [3.8, 4) is 0 Å². The lowest BCUT2D eigenvalue weighted by atomic mass is 10.2. The van der Waals surface area contributed by atoms with Gasteiger partial charge in [0.2, 0.25) is 0 Å². The molecule has 1 saturated carbocycles. The van der Waals surface area contributed by atoms with E-state index in [0.29, 0.717) is 18.2 Å². The standard InChI is InChI=1S/C17H21F2N5O/c1-11-8-13(25-22-11)10-23-4-6-24(7-5-23)15-9-14(16(18)19)20-17(21-15)12-2-3-12/h8-9,12,16H,2-7,10H2,1H3. The molecule has 25 heavy (non-hydrogen) atoms. The number of hydrogen-bond acceptors (Lipinski definition) is 6. The van der Waals surface area contributed by atoms with E-state index in [2.05, 4.69) is 24.9 Å². The van der Waals surface area contributed by atoms with E-state index < -0.39 is 6.43 Å². The maximum absolute atomic E-state index is 13.2. The SMILES string of the molecule is Cc1cc(CN2CCN(c3cc(C(F)F)nc(C4CC4)n3)CC2)on1. The van der Waals surface area contributed by atoms with Crippen LogP contribution in [0.15, 0.2) is 16.7 Å². The molecule has 2 fully saturated rings. The molecule has 6 nitrogen and oxygen atoms in total. The Balaban J connectivity index is 1.43. The minimum absolute atomic E-state index is 0.161. The molecule has 0 unspecified atom stereocenters. The van der Waals surface area contributed by atoms with Crippen LogP contribution in [0.4, 0.5) is 14.6 Å². The summed E-state index contributed by atoms with van der Waals surface area (Å²) in [6.45, 7) is 5.76. The van der Waals surface area contributed by atoms with Gasteiger partial charge in [-0.3, -0.25) is 4.90 Å². The Morgan fingerprint density at radius 3 is 2.52 bits per heavy atom. The highest BCUT2D eigenvalue weighted by atomic mass is 19.3. The van der Waals surface area contributed by atoms with Crippen LogP contribution < -0.4 is 4.90 Å². The summed E-state index contributed by atoms with van der Waals surface area (Å²) in [5.41, 5.74) is 0.716. The van der Waals surface area contributed by atoms with Gasteiger partial charge in [-0.05, 0) is 19.8 Å². The zero-order chi connectivity index (χ0) is 17.4. The molecule has 2 aromatic heterocycles. The molecule has 3 heterocycles. The van der Waals surface area contributed by atoms with Crippen molar-refractivity contribution in [3.63, 3.8) is 0 Å². The van der Waals surface area contributed by atoms with E-state index in [0.717, 1.165) is 50.5 Å². The van der Waals surface area contributed by atoms with Gasteiger partial charge in [0.05, 0.1) is 12.2 Å². The molecule has 0 amide bonds. The maximum Gasteiger partial charge on any atom is 0.280 e. The highest BCUT2D eigenvalue weighted by molar-refractivity contribution is 5.41. The second-order valence-electron chi connectivity index (χ2n) is 6.78. The third kappa shape index (κ3) is 3.78. The van der Waals surface area contributed by atoms with Crippen LogP contribution in [0.3, 0.4) is 0 Å². The van der Waals surface area contributed by atoms with Crippen LogP contribution in [0.25, 0.3) is 0 Å². The fourth-order valence-corrected chi connectivity index (χ4v) is 3.12. The van der Waals surface area contributed by atoms with Crippen LogP contribution in [-0.2, 0) is 6.54 Å². The Morgan fingerprint density at radius 2 is 1.92 bits per heavy atom. The van der Waals surface area contributed by atoms with Crippen LogP contribution in [0.2, 0.25) is 0 Å². The van der Waals surface area contributed by atoms with E-state index in [9.17, 15) is 8.78 Å². The third-order valence-electron chi connectivity index (χ3n) is 4.67. The number of aryl methyl sites for hydroxylation is 1. The summed E-state index contributed by atoms with van der Waals surface area (Å²) in [5.74, 6) is 2.31. The van der Waals surface area contributed by atoms with Gasteiger partial charge in [-0.1, -0.05) is 5.16 Å². The van der Waals surface area contributed by atoms with Gasteiger partial charge in [-0.2, -0.15) is 0 Å². The zero-order valence-corrected chi connectivity index (χ0v) is 14.2. The molecule has 0 radical (unpaired) electrons. The van der Waals surface area contributed by atoms with Crippen molar-refractivity contribution in [1.82, 2.24) is 20.0 Å². The highest BCUT2D eigenvalue weighted by Crippen LogP contribution is 2.39. The second-order valence-corrected chi connectivity index (χ2v) is 6.78. The van der Waals surface area contributed by atoms with E-state index >= 15 is 0 Å². The van der Waals surface area contributed by atoms with Gasteiger partial charge in [0.15, 0.2) is 5.76 Å². The Hall–Kier alpha value is -2.09. The molecule has 1 saturated heterocycles. The lowest BCUT2D eigenvalue weighted by Gasteiger charge is -2.35. The zero-order valence-electron chi connectivity index (χ0n) is 14.2. The lowest BCUT2D eigenvalue weighted by molar-refractivity contribution is 0.145. The number of piperazine rings is 1. The molecule has 0 atom stereocenters. The predicted molar refractivity (Wildman–Crippen MR) is 87.7 cm³/mol. The van der Waals surface area contributed by atoms with Crippen molar-refractivity contribution in [1.29, 1.82) is 0 Å². The first-order chi connectivity index (χ1) is 12.1. The molecule has 134 valence electrons. The van der Waals surface area contributed by atoms with Gasteiger partial charge < -0.3 is 9.42 Å². The first kappa shape index (κ1) is 16.4. The summed E-state index contributed by atoms with van der Waals surface area (Å²) in [6.07, 6.45) is -0.567. The number of anilines is 1. The largest absolute Gasteiger partial charge is 0.360 e. The Bertz CT molecular complexity index is 718. The van der Waals surface area contributed by atoms with Gasteiger partial charge in [0, 0.05) is 44.2 Å². The molecule has 0 bridgehead atoms. The van der Waals surface area contributed by atoms with E-state index in [4.69, 9.17) is 4.52 Å². The summed E-state index contributed by atoms with van der Waals surface area (Å²) < 4.78 is 31.6. The Morgan fingerprint density at radius 1 is 1.16 bits per heavy atom. The Kier molecular flexibility index (Phi) is 4.37. The molecule has 4 rings (SSSR count). The summed E-state index contributed by atoms with van der Waals surface area (Å²) in [7, 11) is 0. The monoisotopic (exact) mass is 349 g/mol. The topological polar surface area (TPSA) is 58.3 Å². The first-order valence-electron chi connectivity index (χ1n) is 8.65. The summed E-state index contributed by atoms with van der Waals surface area (Å²) in [6, 6.07) is 3.37. The predicted octanol–water partition coefficient (Wildman–Crippen LogP) is 2.91. The molecule has 8 heteroatoms. The lowest BCUT2D eigenvalue weighted by Crippen LogP contribution is -2.46. The van der Waals surface area contributed by atoms with Gasteiger partial charge in [0.1, 0.15) is 17.3 Å². The summed E-state index contributed by atoms with van der Waals surface area (Å²) >= 11 is 0. The molecule has 0 N–H and O–H groups in total. The van der Waals surface area contributed by atoms with Gasteiger partial charge in [0.25, 0.3) is 6.43 Å². The fourth-order valence-electron chi connectivity index (χ4n) is 3.12. The smallest absolute Gasteiger partial charge is 0.280 e. The van der Waals surface area contributed by atoms with E-state index in [1.165, 1.54) is 6.07 Å². The Labute approximate surface area is 144 Å². The van der Waals surface area contributed by atoms with Crippen LogP contribution in [-0.4, -0.2) is 46.2 Å². The van der Waals surface area contributed by atoms with E-state index in [-0.39, 0.29) is 11.6 Å². The van der Waals surface area contributed by atoms with Crippen LogP contribution in [0.5, 0.6) is 0 Å². The normalized spacial score (nSPS) is 19.0.